The van der Waals surface area contributed by atoms with E-state index in [9.17, 15) is 0 Å². The summed E-state index contributed by atoms with van der Waals surface area (Å²) in [5.41, 5.74) is 3.52. The maximum absolute atomic E-state index is 6.57. The van der Waals surface area contributed by atoms with Crippen LogP contribution < -0.4 is 4.90 Å². The van der Waals surface area contributed by atoms with Gasteiger partial charge in [0.1, 0.15) is 6.23 Å². The number of nitrogens with zero attached hydrogens (tertiary/aromatic N) is 1. The van der Waals surface area contributed by atoms with Crippen molar-refractivity contribution in [3.05, 3.63) is 33.8 Å². The van der Waals surface area contributed by atoms with Crippen molar-refractivity contribution in [1.29, 1.82) is 0 Å². The highest BCUT2D eigenvalue weighted by Crippen LogP contribution is 2.40. The monoisotopic (exact) mass is 369 g/mol. The molecule has 2 heterocycles. The first kappa shape index (κ1) is 15.4. The molecule has 0 amide bonds. The molecule has 1 unspecified atom stereocenters. The Balaban J connectivity index is 2.06. The van der Waals surface area contributed by atoms with Crippen molar-refractivity contribution < 1.29 is 4.74 Å². The van der Waals surface area contributed by atoms with Gasteiger partial charge in [0.2, 0.25) is 0 Å². The van der Waals surface area contributed by atoms with Gasteiger partial charge < -0.3 is 9.64 Å². The lowest BCUT2D eigenvalue weighted by Gasteiger charge is -2.38. The molecule has 2 aliphatic heterocycles. The van der Waals surface area contributed by atoms with Gasteiger partial charge in [0.25, 0.3) is 0 Å². The number of rotatable bonds is 1. The molecule has 2 nitrogen and oxygen atoms in total. The van der Waals surface area contributed by atoms with Crippen LogP contribution in [-0.2, 0) is 4.74 Å². The number of fused-ring (bicyclic) bond motifs is 1. The molecule has 4 heteroatoms. The van der Waals surface area contributed by atoms with E-state index in [1.54, 1.807) is 0 Å². The zero-order valence-electron chi connectivity index (χ0n) is 12.4. The lowest BCUT2D eigenvalue weighted by atomic mass is 10.0. The first-order valence-corrected chi connectivity index (χ1v) is 8.89. The third-order valence-corrected chi connectivity index (χ3v) is 5.66. The number of anilines is 1. The number of aryl methyl sites for hydroxylation is 1. The molecule has 0 N–H and O–H groups in total. The van der Waals surface area contributed by atoms with Gasteiger partial charge in [-0.2, -0.15) is 0 Å². The van der Waals surface area contributed by atoms with E-state index >= 15 is 0 Å². The largest absolute Gasteiger partial charge is 0.358 e. The molecule has 1 aromatic carbocycles. The van der Waals surface area contributed by atoms with Crippen molar-refractivity contribution in [2.75, 3.05) is 18.1 Å². The van der Waals surface area contributed by atoms with Crippen molar-refractivity contribution >= 4 is 38.3 Å². The van der Waals surface area contributed by atoms with Gasteiger partial charge in [0, 0.05) is 33.9 Å². The van der Waals surface area contributed by atoms with E-state index in [0.29, 0.717) is 0 Å². The Morgan fingerprint density at radius 2 is 2.14 bits per heavy atom. The quantitative estimate of drug-likeness (QED) is 0.650. The molecule has 0 bridgehead atoms. The second-order valence-electron chi connectivity index (χ2n) is 5.80. The van der Waals surface area contributed by atoms with Crippen molar-refractivity contribution in [3.63, 3.8) is 0 Å². The normalized spacial score (nSPS) is 25.6. The van der Waals surface area contributed by atoms with E-state index in [0.717, 1.165) is 47.5 Å². The number of hydrogen-bond donors (Lipinski definition) is 0. The summed E-state index contributed by atoms with van der Waals surface area (Å²) in [5.74, 6) is 0. The fourth-order valence-corrected chi connectivity index (χ4v) is 4.08. The van der Waals surface area contributed by atoms with Crippen LogP contribution in [0.25, 0.3) is 5.03 Å². The average Bonchev–Trinajstić information content (AvgIpc) is 2.49. The summed E-state index contributed by atoms with van der Waals surface area (Å²) in [5, 5.41) is 0.848. The van der Waals surface area contributed by atoms with Gasteiger partial charge in [0.05, 0.1) is 0 Å². The molecule has 21 heavy (non-hydrogen) atoms. The second-order valence-corrected chi connectivity index (χ2v) is 7.00. The Morgan fingerprint density at radius 3 is 2.90 bits per heavy atom. The minimum absolute atomic E-state index is 0.190. The highest BCUT2D eigenvalue weighted by molar-refractivity contribution is 9.10. The average molecular weight is 371 g/mol. The molecule has 0 radical (unpaired) electrons. The summed E-state index contributed by atoms with van der Waals surface area (Å²) in [7, 11) is 0. The topological polar surface area (TPSA) is 12.5 Å². The van der Waals surface area contributed by atoms with Gasteiger partial charge >= 0.3 is 0 Å². The van der Waals surface area contributed by atoms with E-state index in [1.807, 2.05) is 0 Å². The Morgan fingerprint density at radius 1 is 1.29 bits per heavy atom. The van der Waals surface area contributed by atoms with Gasteiger partial charge in [-0.1, -0.05) is 23.7 Å². The molecular formula is C17H21BrClNO. The molecule has 1 fully saturated rings. The van der Waals surface area contributed by atoms with Crippen LogP contribution in [0.1, 0.15) is 43.2 Å². The van der Waals surface area contributed by atoms with Crippen LogP contribution in [0, 0.1) is 6.92 Å². The summed E-state index contributed by atoms with van der Waals surface area (Å²) in [4.78, 5) is 2.41. The van der Waals surface area contributed by atoms with Crippen LogP contribution in [0.15, 0.2) is 22.7 Å². The van der Waals surface area contributed by atoms with Crippen molar-refractivity contribution in [1.82, 2.24) is 0 Å². The van der Waals surface area contributed by atoms with Crippen LogP contribution >= 0.6 is 27.5 Å². The number of allylic oxidation sites excluding steroid dienone is 1. The van der Waals surface area contributed by atoms with Crippen molar-refractivity contribution in [3.8, 4) is 0 Å². The van der Waals surface area contributed by atoms with Gasteiger partial charge in [-0.15, -0.1) is 0 Å². The van der Waals surface area contributed by atoms with E-state index in [2.05, 4.69) is 46.0 Å². The fourth-order valence-electron chi connectivity index (χ4n) is 3.12. The molecule has 0 spiro atoms. The van der Waals surface area contributed by atoms with Crippen LogP contribution in [0.2, 0.25) is 0 Å². The second kappa shape index (κ2) is 6.72. The number of halogens is 2. The van der Waals surface area contributed by atoms with E-state index < -0.39 is 0 Å². The molecule has 1 atom stereocenters. The molecule has 1 aromatic rings. The minimum atomic E-state index is 0.190. The predicted octanol–water partition coefficient (Wildman–Crippen LogP) is 5.46. The Kier molecular flexibility index (Phi) is 4.92. The highest BCUT2D eigenvalue weighted by Gasteiger charge is 2.26. The summed E-state index contributed by atoms with van der Waals surface area (Å²) in [6.45, 7) is 4.00. The van der Waals surface area contributed by atoms with Crippen LogP contribution in [0.4, 0.5) is 5.69 Å². The number of benzene rings is 1. The first-order valence-electron chi connectivity index (χ1n) is 7.72. The SMILES string of the molecule is Cc1ccc2c(c1Br)/C(Cl)=C/CCCN2C1CCCCO1. The van der Waals surface area contributed by atoms with Crippen LogP contribution in [0.3, 0.4) is 0 Å². The number of ether oxygens (including phenoxy) is 1. The molecule has 0 saturated carbocycles. The third-order valence-electron chi connectivity index (χ3n) is 4.29. The summed E-state index contributed by atoms with van der Waals surface area (Å²) >= 11 is 10.3. The summed E-state index contributed by atoms with van der Waals surface area (Å²) < 4.78 is 7.12. The highest BCUT2D eigenvalue weighted by atomic mass is 79.9. The summed E-state index contributed by atoms with van der Waals surface area (Å²) in [6, 6.07) is 4.35. The van der Waals surface area contributed by atoms with Gasteiger partial charge in [-0.05, 0) is 66.6 Å². The zero-order valence-corrected chi connectivity index (χ0v) is 14.7. The van der Waals surface area contributed by atoms with Crippen molar-refractivity contribution in [2.45, 2.75) is 45.3 Å². The van der Waals surface area contributed by atoms with Gasteiger partial charge in [-0.25, -0.2) is 0 Å². The van der Waals surface area contributed by atoms with Crippen LogP contribution in [-0.4, -0.2) is 19.4 Å². The van der Waals surface area contributed by atoms with Crippen LogP contribution in [0.5, 0.6) is 0 Å². The maximum atomic E-state index is 6.57. The van der Waals surface area contributed by atoms with Crippen molar-refractivity contribution in [2.24, 2.45) is 0 Å². The fraction of sp³-hybridized carbons (Fsp3) is 0.529. The molecule has 0 aliphatic carbocycles. The lowest BCUT2D eigenvalue weighted by molar-refractivity contribution is 0.0141. The molecule has 2 aliphatic rings. The van der Waals surface area contributed by atoms with E-state index in [-0.39, 0.29) is 6.23 Å². The molecule has 0 aromatic heterocycles. The smallest absolute Gasteiger partial charge is 0.130 e. The summed E-state index contributed by atoms with van der Waals surface area (Å²) in [6.07, 6.45) is 7.98. The molecule has 3 rings (SSSR count). The Bertz CT molecular complexity index is 552. The lowest BCUT2D eigenvalue weighted by Crippen LogP contribution is -2.41. The molecule has 114 valence electrons. The predicted molar refractivity (Wildman–Crippen MR) is 92.9 cm³/mol. The van der Waals surface area contributed by atoms with Gasteiger partial charge in [-0.3, -0.25) is 0 Å². The van der Waals surface area contributed by atoms with Gasteiger partial charge in [0.15, 0.2) is 0 Å². The van der Waals surface area contributed by atoms with E-state index in [1.165, 1.54) is 24.1 Å². The molecular weight excluding hydrogens is 350 g/mol. The molecule has 1 saturated heterocycles. The maximum Gasteiger partial charge on any atom is 0.130 e. The third kappa shape index (κ3) is 3.15. The Labute approximate surface area is 140 Å². The minimum Gasteiger partial charge on any atom is -0.358 e. The number of hydrogen-bond acceptors (Lipinski definition) is 2. The first-order chi connectivity index (χ1) is 10.2. The Hall–Kier alpha value is -0.510. The van der Waals surface area contributed by atoms with E-state index in [4.69, 9.17) is 16.3 Å². The standard InChI is InChI=1S/C17H21BrClNO/c1-12-8-9-14-16(17(12)18)13(19)6-2-4-10-20(14)15-7-3-5-11-21-15/h6,8-9,15H,2-5,7,10-11H2,1H3/b13-6-. The zero-order chi connectivity index (χ0) is 14.8.